The predicted molar refractivity (Wildman–Crippen MR) is 128 cm³/mol. The van der Waals surface area contributed by atoms with Crippen LogP contribution in [0, 0.1) is 5.82 Å². The van der Waals surface area contributed by atoms with Crippen LogP contribution in [0.25, 0.3) is 22.3 Å². The predicted octanol–water partition coefficient (Wildman–Crippen LogP) is 6.61. The highest BCUT2D eigenvalue weighted by Gasteiger charge is 2.30. The van der Waals surface area contributed by atoms with Gasteiger partial charge in [-0.1, -0.05) is 6.07 Å². The monoisotopic (exact) mass is 508 g/mol. The summed E-state index contributed by atoms with van der Waals surface area (Å²) in [4.78, 5) is 21.2. The van der Waals surface area contributed by atoms with Gasteiger partial charge in [-0.2, -0.15) is 18.3 Å². The molecule has 2 heterocycles. The molecule has 2 amide bonds. The number of ether oxygens (including phenoxy) is 1. The minimum absolute atomic E-state index is 0.0574. The molecule has 3 N–H and O–H groups in total. The van der Waals surface area contributed by atoms with Crippen LogP contribution in [-0.4, -0.2) is 26.2 Å². The third-order valence-corrected chi connectivity index (χ3v) is 5.17. The second-order valence-corrected chi connectivity index (χ2v) is 7.80. The molecule has 37 heavy (non-hydrogen) atoms. The van der Waals surface area contributed by atoms with Gasteiger partial charge in [0.15, 0.2) is 11.6 Å². The zero-order valence-electron chi connectivity index (χ0n) is 18.7. The molecular formula is C25H16F4N6O2. The van der Waals surface area contributed by atoms with Crippen LogP contribution < -0.4 is 15.4 Å². The van der Waals surface area contributed by atoms with E-state index < -0.39 is 23.6 Å². The van der Waals surface area contributed by atoms with E-state index in [4.69, 9.17) is 4.74 Å². The van der Waals surface area contributed by atoms with Gasteiger partial charge in [-0.3, -0.25) is 10.1 Å². The normalized spacial score (nSPS) is 11.4. The summed E-state index contributed by atoms with van der Waals surface area (Å²) in [6, 6.07) is 11.8. The third kappa shape index (κ3) is 5.48. The lowest BCUT2D eigenvalue weighted by molar-refractivity contribution is -0.137. The van der Waals surface area contributed by atoms with E-state index in [1.807, 2.05) is 0 Å². The summed E-state index contributed by atoms with van der Waals surface area (Å²) in [5.74, 6) is -0.604. The molecule has 5 aromatic rings. The van der Waals surface area contributed by atoms with Crippen molar-refractivity contribution in [2.75, 3.05) is 10.6 Å². The van der Waals surface area contributed by atoms with Crippen LogP contribution in [0.15, 0.2) is 79.3 Å². The molecule has 5 rings (SSSR count). The highest BCUT2D eigenvalue weighted by atomic mass is 19.4. The number of fused-ring (bicyclic) bond motifs is 1. The molecule has 12 heteroatoms. The number of halogens is 4. The number of hydrogen-bond donors (Lipinski definition) is 3. The minimum atomic E-state index is -4.55. The minimum Gasteiger partial charge on any atom is -0.454 e. The molecule has 0 aliphatic rings. The Morgan fingerprint density at radius 3 is 2.49 bits per heavy atom. The largest absolute Gasteiger partial charge is 0.454 e. The Labute approximate surface area is 206 Å². The fourth-order valence-corrected chi connectivity index (χ4v) is 3.44. The number of anilines is 2. The summed E-state index contributed by atoms with van der Waals surface area (Å²) in [5.41, 5.74) is 1.63. The van der Waals surface area contributed by atoms with Crippen LogP contribution in [0.5, 0.6) is 11.5 Å². The fraction of sp³-hybridized carbons (Fsp3) is 0.0400. The quantitative estimate of drug-likeness (QED) is 0.232. The first-order chi connectivity index (χ1) is 17.7. The van der Waals surface area contributed by atoms with E-state index >= 15 is 0 Å². The molecule has 0 fully saturated rings. The molecule has 0 aliphatic heterocycles. The summed E-state index contributed by atoms with van der Waals surface area (Å²) in [6.07, 6.45) is 0.333. The molecule has 8 nitrogen and oxygen atoms in total. The van der Waals surface area contributed by atoms with Gasteiger partial charge in [0.25, 0.3) is 0 Å². The lowest BCUT2D eigenvalue weighted by Crippen LogP contribution is -2.19. The fourth-order valence-electron chi connectivity index (χ4n) is 3.44. The molecule has 186 valence electrons. The summed E-state index contributed by atoms with van der Waals surface area (Å²) >= 11 is 0. The number of rotatable bonds is 5. The van der Waals surface area contributed by atoms with Crippen molar-refractivity contribution in [1.82, 2.24) is 20.2 Å². The Kier molecular flexibility index (Phi) is 6.14. The Bertz CT molecular complexity index is 1590. The average Bonchev–Trinajstić information content (AvgIpc) is 3.40. The van der Waals surface area contributed by atoms with E-state index in [0.29, 0.717) is 16.7 Å². The maximum absolute atomic E-state index is 14.5. The summed E-state index contributed by atoms with van der Waals surface area (Å²) in [5, 5.41) is 11.4. The molecule has 0 bridgehead atoms. The molecule has 0 unspecified atom stereocenters. The van der Waals surface area contributed by atoms with E-state index in [2.05, 4.69) is 30.8 Å². The van der Waals surface area contributed by atoms with Gasteiger partial charge < -0.3 is 15.4 Å². The van der Waals surface area contributed by atoms with Crippen molar-refractivity contribution in [1.29, 1.82) is 0 Å². The Morgan fingerprint density at radius 2 is 1.73 bits per heavy atom. The molecule has 3 aromatic carbocycles. The van der Waals surface area contributed by atoms with Crippen molar-refractivity contribution in [3.8, 4) is 22.8 Å². The molecule has 0 spiro atoms. The molecule has 0 radical (unpaired) electrons. The second kappa shape index (κ2) is 9.57. The van der Waals surface area contributed by atoms with Crippen LogP contribution in [0.3, 0.4) is 0 Å². The van der Waals surface area contributed by atoms with Crippen molar-refractivity contribution in [3.05, 3.63) is 90.6 Å². The number of nitrogens with one attached hydrogen (secondary N) is 3. The number of aromatic nitrogens is 4. The maximum Gasteiger partial charge on any atom is 0.416 e. The van der Waals surface area contributed by atoms with E-state index in [1.165, 1.54) is 24.3 Å². The average molecular weight is 508 g/mol. The second-order valence-electron chi connectivity index (χ2n) is 7.80. The zero-order chi connectivity index (χ0) is 26.0. The van der Waals surface area contributed by atoms with Gasteiger partial charge in [-0.05, 0) is 42.5 Å². The molecule has 2 aromatic heterocycles. The summed E-state index contributed by atoms with van der Waals surface area (Å²) < 4.78 is 58.8. The van der Waals surface area contributed by atoms with Crippen LogP contribution in [0.2, 0.25) is 0 Å². The number of alkyl halides is 3. The van der Waals surface area contributed by atoms with Gasteiger partial charge in [0.05, 0.1) is 34.7 Å². The Hall–Kier alpha value is -5.00. The van der Waals surface area contributed by atoms with E-state index in [1.54, 1.807) is 36.8 Å². The van der Waals surface area contributed by atoms with Gasteiger partial charge in [0.1, 0.15) is 5.75 Å². The molecule has 0 aliphatic carbocycles. The van der Waals surface area contributed by atoms with Gasteiger partial charge in [0.2, 0.25) is 0 Å². The first-order valence-corrected chi connectivity index (χ1v) is 10.7. The topological polar surface area (TPSA) is 105 Å². The van der Waals surface area contributed by atoms with E-state index in [0.717, 1.165) is 23.8 Å². The number of carbonyl (C=O) groups is 1. The van der Waals surface area contributed by atoms with Gasteiger partial charge in [-0.15, -0.1) is 0 Å². The number of hydrogen-bond acceptors (Lipinski definition) is 5. The highest BCUT2D eigenvalue weighted by molar-refractivity contribution is 5.99. The molecule has 0 saturated heterocycles. The molecule has 0 saturated carbocycles. The standard InChI is InChI=1S/C25H16F4N6O2/c26-19-6-4-17(34-24(36)33-16-3-1-2-15(8-16)25(27,28)29)9-23(19)37-18-5-7-20-21(10-18)35-22(13-30-20)14-11-31-32-12-14/h1-13H,(H,31,32)(H2,33,34,36). The van der Waals surface area contributed by atoms with Crippen molar-refractivity contribution in [2.45, 2.75) is 6.18 Å². The molecule has 0 atom stereocenters. The SMILES string of the molecule is O=C(Nc1cccc(C(F)(F)F)c1)Nc1ccc(F)c(Oc2ccc3ncc(-c4cn[nH]c4)nc3c2)c1. The number of aromatic amines is 1. The lowest BCUT2D eigenvalue weighted by atomic mass is 10.2. The smallest absolute Gasteiger partial charge is 0.416 e. The highest BCUT2D eigenvalue weighted by Crippen LogP contribution is 2.31. The van der Waals surface area contributed by atoms with Gasteiger partial charge >= 0.3 is 12.2 Å². The molecular weight excluding hydrogens is 492 g/mol. The zero-order valence-corrected chi connectivity index (χ0v) is 18.7. The van der Waals surface area contributed by atoms with Crippen LogP contribution >= 0.6 is 0 Å². The number of urea groups is 1. The summed E-state index contributed by atoms with van der Waals surface area (Å²) in [7, 11) is 0. The number of H-pyrrole nitrogens is 1. The van der Waals surface area contributed by atoms with Crippen LogP contribution in [-0.2, 0) is 6.18 Å². The Balaban J connectivity index is 1.32. The van der Waals surface area contributed by atoms with Gasteiger partial charge in [-0.25, -0.2) is 14.2 Å². The first-order valence-electron chi connectivity index (χ1n) is 10.7. The van der Waals surface area contributed by atoms with E-state index in [-0.39, 0.29) is 22.9 Å². The van der Waals surface area contributed by atoms with E-state index in [9.17, 15) is 22.4 Å². The summed E-state index contributed by atoms with van der Waals surface area (Å²) in [6.45, 7) is 0. The number of benzene rings is 3. The third-order valence-electron chi connectivity index (χ3n) is 5.17. The Morgan fingerprint density at radius 1 is 0.919 bits per heavy atom. The van der Waals surface area contributed by atoms with Gasteiger partial charge in [0, 0.05) is 35.3 Å². The van der Waals surface area contributed by atoms with Crippen molar-refractivity contribution >= 4 is 28.4 Å². The van der Waals surface area contributed by atoms with Crippen LogP contribution in [0.1, 0.15) is 5.56 Å². The number of carbonyl (C=O) groups excluding carboxylic acids is 1. The number of nitrogens with zero attached hydrogens (tertiary/aromatic N) is 3. The maximum atomic E-state index is 14.5. The first kappa shape index (κ1) is 23.7. The number of amides is 2. The lowest BCUT2D eigenvalue weighted by Gasteiger charge is -2.12. The van der Waals surface area contributed by atoms with Crippen molar-refractivity contribution in [3.63, 3.8) is 0 Å². The van der Waals surface area contributed by atoms with Crippen molar-refractivity contribution < 1.29 is 27.1 Å². The van der Waals surface area contributed by atoms with Crippen LogP contribution in [0.4, 0.5) is 33.7 Å². The van der Waals surface area contributed by atoms with Crippen molar-refractivity contribution in [2.24, 2.45) is 0 Å².